The van der Waals surface area contributed by atoms with Crippen molar-refractivity contribution in [2.45, 2.75) is 19.3 Å². The van der Waals surface area contributed by atoms with Crippen LogP contribution >= 0.6 is 0 Å². The molecule has 0 amide bonds. The van der Waals surface area contributed by atoms with E-state index in [4.69, 9.17) is 0 Å². The first-order chi connectivity index (χ1) is 8.33. The Morgan fingerprint density at radius 3 is 2.71 bits per heavy atom. The third kappa shape index (κ3) is 1.13. The Bertz CT molecular complexity index is 559. The first kappa shape index (κ1) is 10.1. The molecular weight excluding hydrogens is 208 g/mol. The largest absolute Gasteiger partial charge is 0.196 e. The average Bonchev–Trinajstić information content (AvgIpc) is 2.82. The lowest BCUT2D eigenvalue weighted by atomic mass is 9.74. The number of nitrogens with zero attached hydrogens (tertiary/aromatic N) is 2. The maximum absolute atomic E-state index is 9.51. The highest BCUT2D eigenvalue weighted by Crippen LogP contribution is 2.56. The number of nitriles is 2. The van der Waals surface area contributed by atoms with Gasteiger partial charge in [0.1, 0.15) is 0 Å². The van der Waals surface area contributed by atoms with Gasteiger partial charge in [0, 0.05) is 5.92 Å². The molecule has 82 valence electrons. The van der Waals surface area contributed by atoms with E-state index in [1.807, 2.05) is 24.3 Å². The lowest BCUT2D eigenvalue weighted by Crippen LogP contribution is -2.24. The second kappa shape index (κ2) is 3.47. The SMILES string of the molecule is N#CC1(C#N)C2=C(CCC2)C2=CC=CC=CC21. The van der Waals surface area contributed by atoms with E-state index < -0.39 is 5.41 Å². The Balaban J connectivity index is 2.26. The van der Waals surface area contributed by atoms with Crippen molar-refractivity contribution in [3.63, 3.8) is 0 Å². The van der Waals surface area contributed by atoms with Crippen LogP contribution < -0.4 is 0 Å². The molecule has 0 aromatic heterocycles. The fraction of sp³-hybridized carbons (Fsp3) is 0.333. The average molecular weight is 220 g/mol. The van der Waals surface area contributed by atoms with Crippen LogP contribution in [0.2, 0.25) is 0 Å². The topological polar surface area (TPSA) is 47.6 Å². The molecule has 1 unspecified atom stereocenters. The molecule has 0 heterocycles. The monoisotopic (exact) mass is 220 g/mol. The van der Waals surface area contributed by atoms with Gasteiger partial charge in [-0.05, 0) is 36.0 Å². The highest BCUT2D eigenvalue weighted by Gasteiger charge is 2.52. The van der Waals surface area contributed by atoms with Crippen LogP contribution in [0.1, 0.15) is 19.3 Å². The van der Waals surface area contributed by atoms with Crippen molar-refractivity contribution in [3.8, 4) is 12.1 Å². The molecule has 3 rings (SSSR count). The molecule has 0 aliphatic heterocycles. The van der Waals surface area contributed by atoms with Gasteiger partial charge in [-0.3, -0.25) is 0 Å². The maximum Gasteiger partial charge on any atom is 0.175 e. The molecule has 0 saturated heterocycles. The van der Waals surface area contributed by atoms with Crippen LogP contribution in [0.5, 0.6) is 0 Å². The van der Waals surface area contributed by atoms with E-state index in [9.17, 15) is 10.5 Å². The van der Waals surface area contributed by atoms with Gasteiger partial charge in [-0.15, -0.1) is 0 Å². The molecule has 0 radical (unpaired) electrons. The third-order valence-corrected chi connectivity index (χ3v) is 4.00. The minimum Gasteiger partial charge on any atom is -0.196 e. The van der Waals surface area contributed by atoms with Crippen LogP contribution in [0.3, 0.4) is 0 Å². The van der Waals surface area contributed by atoms with Gasteiger partial charge in [-0.2, -0.15) is 10.5 Å². The minimum atomic E-state index is -0.944. The summed E-state index contributed by atoms with van der Waals surface area (Å²) in [5, 5.41) is 19.0. The zero-order valence-corrected chi connectivity index (χ0v) is 9.48. The summed E-state index contributed by atoms with van der Waals surface area (Å²) in [6.07, 6.45) is 13.0. The summed E-state index contributed by atoms with van der Waals surface area (Å²) in [4.78, 5) is 0. The van der Waals surface area contributed by atoms with Crippen LogP contribution in [-0.4, -0.2) is 0 Å². The minimum absolute atomic E-state index is 0.0715. The number of fused-ring (bicyclic) bond motifs is 2. The van der Waals surface area contributed by atoms with E-state index in [0.29, 0.717) is 0 Å². The number of allylic oxidation sites excluding steroid dienone is 8. The quantitative estimate of drug-likeness (QED) is 0.629. The normalized spacial score (nSPS) is 27.9. The van der Waals surface area contributed by atoms with E-state index in [0.717, 1.165) is 24.8 Å². The molecule has 2 nitrogen and oxygen atoms in total. The molecular formula is C15H12N2. The Morgan fingerprint density at radius 2 is 1.94 bits per heavy atom. The number of hydrogen-bond acceptors (Lipinski definition) is 2. The van der Waals surface area contributed by atoms with Crippen molar-refractivity contribution in [2.24, 2.45) is 11.3 Å². The van der Waals surface area contributed by atoms with Gasteiger partial charge in [0.05, 0.1) is 12.1 Å². The van der Waals surface area contributed by atoms with Gasteiger partial charge in [0.15, 0.2) is 5.41 Å². The molecule has 0 N–H and O–H groups in total. The maximum atomic E-state index is 9.51. The summed E-state index contributed by atoms with van der Waals surface area (Å²) in [6.45, 7) is 0. The Hall–Kier alpha value is -2.06. The van der Waals surface area contributed by atoms with Crippen molar-refractivity contribution < 1.29 is 0 Å². The standard InChI is InChI=1S/C15H12N2/c16-9-15(10-17)13-7-3-1-2-5-11(13)12-6-4-8-14(12)15/h1-3,5,7,13H,4,6,8H2. The molecule has 0 fully saturated rings. The Kier molecular flexibility index (Phi) is 2.06. The molecule has 17 heavy (non-hydrogen) atoms. The van der Waals surface area contributed by atoms with Gasteiger partial charge in [0.2, 0.25) is 0 Å². The van der Waals surface area contributed by atoms with Gasteiger partial charge >= 0.3 is 0 Å². The molecule has 1 atom stereocenters. The smallest absolute Gasteiger partial charge is 0.175 e. The molecule has 3 aliphatic rings. The van der Waals surface area contributed by atoms with E-state index in [1.54, 1.807) is 0 Å². The van der Waals surface area contributed by atoms with E-state index in [1.165, 1.54) is 11.1 Å². The third-order valence-electron chi connectivity index (χ3n) is 4.00. The van der Waals surface area contributed by atoms with Gasteiger partial charge in [-0.1, -0.05) is 30.4 Å². The lowest BCUT2D eigenvalue weighted by molar-refractivity contribution is 0.513. The summed E-state index contributed by atoms with van der Waals surface area (Å²) in [6, 6.07) is 4.57. The van der Waals surface area contributed by atoms with E-state index in [-0.39, 0.29) is 5.92 Å². The van der Waals surface area contributed by atoms with Gasteiger partial charge < -0.3 is 0 Å². The molecule has 0 aromatic carbocycles. The number of hydrogen-bond donors (Lipinski definition) is 0. The fourth-order valence-electron chi connectivity index (χ4n) is 3.26. The first-order valence-electron chi connectivity index (χ1n) is 5.94. The summed E-state index contributed by atoms with van der Waals surface area (Å²) >= 11 is 0. The summed E-state index contributed by atoms with van der Waals surface area (Å²) in [7, 11) is 0. The predicted molar refractivity (Wildman–Crippen MR) is 64.4 cm³/mol. The fourth-order valence-corrected chi connectivity index (χ4v) is 3.26. The summed E-state index contributed by atoms with van der Waals surface area (Å²) in [5.41, 5.74) is 2.60. The molecule has 0 aromatic rings. The van der Waals surface area contributed by atoms with E-state index in [2.05, 4.69) is 18.2 Å². The van der Waals surface area contributed by atoms with Crippen molar-refractivity contribution in [2.75, 3.05) is 0 Å². The predicted octanol–water partition coefficient (Wildman–Crippen LogP) is 3.18. The summed E-state index contributed by atoms with van der Waals surface area (Å²) in [5.74, 6) is -0.0715. The zero-order chi connectivity index (χ0) is 11.9. The zero-order valence-electron chi connectivity index (χ0n) is 9.48. The first-order valence-corrected chi connectivity index (χ1v) is 5.94. The molecule has 0 spiro atoms. The molecule has 2 heteroatoms. The molecule has 0 bridgehead atoms. The second-order valence-corrected chi connectivity index (χ2v) is 4.71. The van der Waals surface area contributed by atoms with Crippen LogP contribution in [0.4, 0.5) is 0 Å². The van der Waals surface area contributed by atoms with Crippen molar-refractivity contribution >= 4 is 0 Å². The van der Waals surface area contributed by atoms with Crippen LogP contribution in [0, 0.1) is 34.0 Å². The van der Waals surface area contributed by atoms with Crippen molar-refractivity contribution in [1.29, 1.82) is 10.5 Å². The number of rotatable bonds is 0. The van der Waals surface area contributed by atoms with E-state index >= 15 is 0 Å². The Labute approximate surface area is 101 Å². The highest BCUT2D eigenvalue weighted by atomic mass is 14.5. The van der Waals surface area contributed by atoms with Gasteiger partial charge in [-0.25, -0.2) is 0 Å². The molecule has 3 aliphatic carbocycles. The van der Waals surface area contributed by atoms with Crippen molar-refractivity contribution in [3.05, 3.63) is 47.1 Å². The summed E-state index contributed by atoms with van der Waals surface area (Å²) < 4.78 is 0. The van der Waals surface area contributed by atoms with Crippen LogP contribution in [0.15, 0.2) is 47.1 Å². The Morgan fingerprint density at radius 1 is 1.12 bits per heavy atom. The highest BCUT2D eigenvalue weighted by molar-refractivity contribution is 5.60. The molecule has 0 saturated carbocycles. The van der Waals surface area contributed by atoms with Crippen LogP contribution in [-0.2, 0) is 0 Å². The van der Waals surface area contributed by atoms with Crippen LogP contribution in [0.25, 0.3) is 0 Å². The van der Waals surface area contributed by atoms with Crippen molar-refractivity contribution in [1.82, 2.24) is 0 Å². The van der Waals surface area contributed by atoms with Gasteiger partial charge in [0.25, 0.3) is 0 Å². The lowest BCUT2D eigenvalue weighted by Gasteiger charge is -2.23. The second-order valence-electron chi connectivity index (χ2n) is 4.71.